The largest absolute Gasteiger partial charge is 0.337 e. The maximum atomic E-state index is 12.7. The van der Waals surface area contributed by atoms with E-state index in [0.717, 1.165) is 11.9 Å². The summed E-state index contributed by atoms with van der Waals surface area (Å²) in [5.74, 6) is -0.363. The third kappa shape index (κ3) is 1.65. The molecule has 2 aromatic heterocycles. The van der Waals surface area contributed by atoms with Crippen LogP contribution in [0.25, 0.3) is 11.3 Å². The van der Waals surface area contributed by atoms with Crippen LogP contribution in [0.1, 0.15) is 0 Å². The van der Waals surface area contributed by atoms with Gasteiger partial charge in [-0.2, -0.15) is 0 Å². The van der Waals surface area contributed by atoms with Crippen molar-refractivity contribution in [2.75, 3.05) is 0 Å². The van der Waals surface area contributed by atoms with Gasteiger partial charge in [-0.25, -0.2) is 4.39 Å². The molecule has 0 saturated heterocycles. The molecule has 0 unspecified atom stereocenters. The number of aromatic amines is 2. The van der Waals surface area contributed by atoms with Crippen LogP contribution >= 0.6 is 12.2 Å². The second-order valence-electron chi connectivity index (χ2n) is 2.55. The lowest BCUT2D eigenvalue weighted by atomic mass is 10.2. The number of halogens is 1. The van der Waals surface area contributed by atoms with Crippen LogP contribution < -0.4 is 0 Å². The normalized spacial score (nSPS) is 10.2. The summed E-state index contributed by atoms with van der Waals surface area (Å²) in [6.07, 6.45) is 4.40. The molecule has 2 rings (SSSR count). The molecule has 0 saturated carbocycles. The van der Waals surface area contributed by atoms with Crippen molar-refractivity contribution in [2.24, 2.45) is 0 Å². The Kier molecular flexibility index (Phi) is 1.94. The summed E-state index contributed by atoms with van der Waals surface area (Å²) in [7, 11) is 0. The zero-order valence-corrected chi connectivity index (χ0v) is 7.36. The van der Waals surface area contributed by atoms with Crippen LogP contribution in [0.2, 0.25) is 0 Å². The molecule has 3 nitrogen and oxygen atoms in total. The van der Waals surface area contributed by atoms with Gasteiger partial charge in [-0.15, -0.1) is 0 Å². The maximum Gasteiger partial charge on any atom is 0.174 e. The molecule has 0 atom stereocenters. The predicted molar refractivity (Wildman–Crippen MR) is 49.2 cm³/mol. The number of aromatic nitrogens is 3. The molecule has 2 N–H and O–H groups in total. The van der Waals surface area contributed by atoms with Crippen molar-refractivity contribution >= 4 is 12.2 Å². The fourth-order valence-electron chi connectivity index (χ4n) is 1.05. The average Bonchev–Trinajstić information content (AvgIpc) is 2.52. The molecule has 0 bridgehead atoms. The van der Waals surface area contributed by atoms with Gasteiger partial charge in [0.05, 0.1) is 11.9 Å². The predicted octanol–water partition coefficient (Wildman–Crippen LogP) is 2.27. The molecular weight excluding hydrogens is 189 g/mol. The van der Waals surface area contributed by atoms with Gasteiger partial charge in [0.2, 0.25) is 0 Å². The zero-order chi connectivity index (χ0) is 9.26. The number of imidazole rings is 1. The quantitative estimate of drug-likeness (QED) is 0.685. The van der Waals surface area contributed by atoms with Gasteiger partial charge in [0.15, 0.2) is 4.77 Å². The summed E-state index contributed by atoms with van der Waals surface area (Å²) in [4.78, 5) is 9.39. The lowest BCUT2D eigenvalue weighted by molar-refractivity contribution is 0.622. The fourth-order valence-corrected chi connectivity index (χ4v) is 1.22. The third-order valence-electron chi connectivity index (χ3n) is 1.61. The van der Waals surface area contributed by atoms with Gasteiger partial charge in [-0.05, 0) is 18.3 Å². The van der Waals surface area contributed by atoms with Crippen molar-refractivity contribution in [3.63, 3.8) is 0 Å². The smallest absolute Gasteiger partial charge is 0.174 e. The highest BCUT2D eigenvalue weighted by Gasteiger charge is 2.00. The van der Waals surface area contributed by atoms with E-state index in [2.05, 4.69) is 15.0 Å². The maximum absolute atomic E-state index is 12.7. The van der Waals surface area contributed by atoms with Crippen LogP contribution in [-0.2, 0) is 0 Å². The summed E-state index contributed by atoms with van der Waals surface area (Å²) in [6, 6.07) is 1.39. The van der Waals surface area contributed by atoms with Crippen molar-refractivity contribution in [1.29, 1.82) is 0 Å². The molecule has 0 aliphatic carbocycles. The summed E-state index contributed by atoms with van der Waals surface area (Å²) < 4.78 is 13.3. The van der Waals surface area contributed by atoms with Gasteiger partial charge in [0, 0.05) is 18.0 Å². The Bertz CT molecular complexity index is 474. The molecule has 0 radical (unpaired) electrons. The van der Waals surface area contributed by atoms with Crippen LogP contribution in [0.3, 0.4) is 0 Å². The number of hydrogen-bond acceptors (Lipinski definition) is 2. The number of pyridine rings is 1. The average molecular weight is 195 g/mol. The van der Waals surface area contributed by atoms with Crippen LogP contribution in [0.5, 0.6) is 0 Å². The summed E-state index contributed by atoms with van der Waals surface area (Å²) in [5, 5.41) is 0. The van der Waals surface area contributed by atoms with Gasteiger partial charge in [-0.3, -0.25) is 4.98 Å². The Morgan fingerprint density at radius 2 is 2.23 bits per heavy atom. The summed E-state index contributed by atoms with van der Waals surface area (Å²) >= 11 is 4.84. The van der Waals surface area contributed by atoms with E-state index in [-0.39, 0.29) is 5.82 Å². The molecule has 0 aliphatic rings. The van der Waals surface area contributed by atoms with Crippen molar-refractivity contribution in [2.45, 2.75) is 0 Å². The molecule has 5 heteroatoms. The SMILES string of the molecule is Fc1cncc(-c2c[nH]c(=S)[nH]2)c1. The fraction of sp³-hybridized carbons (Fsp3) is 0. The minimum atomic E-state index is -0.363. The molecular formula is C8H6FN3S. The van der Waals surface area contributed by atoms with E-state index in [4.69, 9.17) is 12.2 Å². The van der Waals surface area contributed by atoms with Crippen molar-refractivity contribution < 1.29 is 4.39 Å². The Morgan fingerprint density at radius 1 is 1.38 bits per heavy atom. The first kappa shape index (κ1) is 8.12. The molecule has 0 fully saturated rings. The van der Waals surface area contributed by atoms with Gasteiger partial charge in [0.1, 0.15) is 5.82 Å². The van der Waals surface area contributed by atoms with Crippen LogP contribution in [0.15, 0.2) is 24.7 Å². The Labute approximate surface area is 78.7 Å². The van der Waals surface area contributed by atoms with Gasteiger partial charge < -0.3 is 9.97 Å². The molecule has 0 spiro atoms. The highest BCUT2D eigenvalue weighted by atomic mass is 32.1. The van der Waals surface area contributed by atoms with E-state index in [9.17, 15) is 4.39 Å². The number of nitrogens with zero attached hydrogens (tertiary/aromatic N) is 1. The van der Waals surface area contributed by atoms with Crippen LogP contribution in [0.4, 0.5) is 4.39 Å². The monoisotopic (exact) mass is 195 g/mol. The Morgan fingerprint density at radius 3 is 2.85 bits per heavy atom. The molecule has 13 heavy (non-hydrogen) atoms. The number of rotatable bonds is 1. The van der Waals surface area contributed by atoms with Gasteiger partial charge in [-0.1, -0.05) is 0 Å². The molecule has 66 valence electrons. The first-order valence-corrected chi connectivity index (χ1v) is 4.05. The number of H-pyrrole nitrogens is 2. The number of hydrogen-bond donors (Lipinski definition) is 2. The van der Waals surface area contributed by atoms with E-state index < -0.39 is 0 Å². The molecule has 2 heterocycles. The second kappa shape index (κ2) is 3.10. The minimum Gasteiger partial charge on any atom is -0.337 e. The minimum absolute atomic E-state index is 0.363. The topological polar surface area (TPSA) is 44.5 Å². The van der Waals surface area contributed by atoms with E-state index in [0.29, 0.717) is 10.3 Å². The highest BCUT2D eigenvalue weighted by Crippen LogP contribution is 2.15. The lowest BCUT2D eigenvalue weighted by Gasteiger charge is -1.94. The summed E-state index contributed by atoms with van der Waals surface area (Å²) in [6.45, 7) is 0. The Balaban J connectivity index is 2.52. The first-order valence-electron chi connectivity index (χ1n) is 3.64. The van der Waals surface area contributed by atoms with E-state index >= 15 is 0 Å². The summed E-state index contributed by atoms with van der Waals surface area (Å²) in [5.41, 5.74) is 1.41. The van der Waals surface area contributed by atoms with Crippen molar-refractivity contribution in [3.8, 4) is 11.3 Å². The van der Waals surface area contributed by atoms with Crippen LogP contribution in [-0.4, -0.2) is 15.0 Å². The van der Waals surface area contributed by atoms with Gasteiger partial charge >= 0.3 is 0 Å². The molecule has 2 aromatic rings. The Hall–Kier alpha value is -1.49. The standard InChI is InChI=1S/C8H6FN3S/c9-6-1-5(2-10-3-6)7-4-11-8(13)12-7/h1-4H,(H2,11,12,13). The highest BCUT2D eigenvalue weighted by molar-refractivity contribution is 7.71. The first-order chi connectivity index (χ1) is 6.25. The third-order valence-corrected chi connectivity index (χ3v) is 1.83. The van der Waals surface area contributed by atoms with E-state index in [1.807, 2.05) is 0 Å². The van der Waals surface area contributed by atoms with Crippen molar-refractivity contribution in [1.82, 2.24) is 15.0 Å². The molecule has 0 aliphatic heterocycles. The van der Waals surface area contributed by atoms with Gasteiger partial charge in [0.25, 0.3) is 0 Å². The second-order valence-corrected chi connectivity index (χ2v) is 2.96. The van der Waals surface area contributed by atoms with E-state index in [1.165, 1.54) is 6.07 Å². The van der Waals surface area contributed by atoms with Crippen molar-refractivity contribution in [3.05, 3.63) is 35.2 Å². The molecule has 0 amide bonds. The zero-order valence-electron chi connectivity index (χ0n) is 6.54. The molecule has 0 aromatic carbocycles. The lowest BCUT2D eigenvalue weighted by Crippen LogP contribution is -1.82. The number of nitrogens with one attached hydrogen (secondary N) is 2. The van der Waals surface area contributed by atoms with E-state index in [1.54, 1.807) is 12.4 Å². The van der Waals surface area contributed by atoms with Crippen LogP contribution in [0, 0.1) is 10.6 Å².